The zero-order chi connectivity index (χ0) is 18.8. The molecule has 0 fully saturated rings. The summed E-state index contributed by atoms with van der Waals surface area (Å²) in [5, 5.41) is 2.04. The van der Waals surface area contributed by atoms with Gasteiger partial charge in [-0.05, 0) is 50.6 Å². The van der Waals surface area contributed by atoms with E-state index in [0.29, 0.717) is 17.0 Å². The van der Waals surface area contributed by atoms with E-state index in [9.17, 15) is 18.0 Å². The molecule has 1 heterocycles. The van der Waals surface area contributed by atoms with Gasteiger partial charge in [-0.15, -0.1) is 5.10 Å². The lowest BCUT2D eigenvalue weighted by Crippen LogP contribution is -2.48. The molecule has 0 unspecified atom stereocenters. The third-order valence-electron chi connectivity index (χ3n) is 2.95. The molecule has 0 bridgehead atoms. The van der Waals surface area contributed by atoms with Crippen molar-refractivity contribution in [3.05, 3.63) is 35.1 Å². The molecule has 0 radical (unpaired) electrons. The van der Waals surface area contributed by atoms with Crippen LogP contribution in [0.2, 0.25) is 0 Å². The van der Waals surface area contributed by atoms with Crippen LogP contribution in [0.4, 0.5) is 18.9 Å². The number of carbonyl (C=O) groups is 1. The number of benzene rings is 1. The molecule has 1 aromatic carbocycles. The van der Waals surface area contributed by atoms with Crippen molar-refractivity contribution < 1.29 is 22.7 Å². The van der Waals surface area contributed by atoms with Gasteiger partial charge in [0.15, 0.2) is 6.61 Å². The van der Waals surface area contributed by atoms with Crippen molar-refractivity contribution in [3.63, 3.8) is 0 Å². The van der Waals surface area contributed by atoms with Gasteiger partial charge in [0, 0.05) is 11.2 Å². The normalized spacial score (nSPS) is 12.1. The second-order valence-electron chi connectivity index (χ2n) is 6.04. The van der Waals surface area contributed by atoms with E-state index in [4.69, 9.17) is 16.3 Å². The molecule has 2 rings (SSSR count). The number of ether oxygens (including phenoxy) is 1. The Morgan fingerprint density at radius 1 is 1.32 bits per heavy atom. The number of alkyl halides is 3. The molecule has 0 saturated heterocycles. The Balaban J connectivity index is 2.14. The lowest BCUT2D eigenvalue weighted by atomic mass is 10.0. The first-order valence-electron chi connectivity index (χ1n) is 7.10. The van der Waals surface area contributed by atoms with Gasteiger partial charge < -0.3 is 9.64 Å². The highest BCUT2D eigenvalue weighted by Gasteiger charge is 2.34. The van der Waals surface area contributed by atoms with Crippen LogP contribution < -0.4 is 9.64 Å². The van der Waals surface area contributed by atoms with E-state index in [-0.39, 0.29) is 5.19 Å². The van der Waals surface area contributed by atoms with Crippen molar-refractivity contribution in [2.75, 3.05) is 11.5 Å². The van der Waals surface area contributed by atoms with Crippen molar-refractivity contribution in [2.24, 2.45) is 0 Å². The van der Waals surface area contributed by atoms with Crippen LogP contribution in [0.1, 0.15) is 25.8 Å². The Morgan fingerprint density at radius 2 is 2.00 bits per heavy atom. The highest BCUT2D eigenvalue weighted by molar-refractivity contribution is 7.13. The van der Waals surface area contributed by atoms with Crippen LogP contribution in [0.25, 0.3) is 0 Å². The first-order chi connectivity index (χ1) is 11.5. The van der Waals surface area contributed by atoms with Gasteiger partial charge >= 0.3 is 5.38 Å². The van der Waals surface area contributed by atoms with Gasteiger partial charge in [0.25, 0.3) is 11.1 Å². The van der Waals surface area contributed by atoms with Gasteiger partial charge in [-0.2, -0.15) is 8.78 Å². The number of anilines is 1. The smallest absolute Gasteiger partial charge is 0.376 e. The van der Waals surface area contributed by atoms with Crippen LogP contribution in [0.3, 0.4) is 0 Å². The van der Waals surface area contributed by atoms with Crippen LogP contribution >= 0.6 is 22.9 Å². The number of amides is 1. The zero-order valence-corrected chi connectivity index (χ0v) is 15.2. The number of hydrogen-bond donors (Lipinski definition) is 0. The number of rotatable bonds is 5. The van der Waals surface area contributed by atoms with Gasteiger partial charge in [0.05, 0.1) is 0 Å². The molecule has 136 valence electrons. The minimum Gasteiger partial charge on any atom is -0.459 e. The summed E-state index contributed by atoms with van der Waals surface area (Å²) in [6.07, 6.45) is 0. The summed E-state index contributed by atoms with van der Waals surface area (Å²) >= 11 is 5.29. The van der Waals surface area contributed by atoms with Gasteiger partial charge in [-0.25, -0.2) is 4.39 Å². The Bertz CT molecular complexity index is 759. The molecule has 10 heteroatoms. The Kier molecular flexibility index (Phi) is 5.58. The van der Waals surface area contributed by atoms with Gasteiger partial charge in [-0.1, -0.05) is 22.5 Å². The molecule has 5 nitrogen and oxygen atoms in total. The molecule has 0 atom stereocenters. The maximum atomic E-state index is 13.5. The Hall–Kier alpha value is -1.87. The lowest BCUT2D eigenvalue weighted by Gasteiger charge is -2.35. The maximum Gasteiger partial charge on any atom is 0.376 e. The van der Waals surface area contributed by atoms with Crippen molar-refractivity contribution in [1.82, 2.24) is 10.2 Å². The minimum atomic E-state index is -3.65. The fraction of sp³-hybridized carbons (Fsp3) is 0.400. The molecule has 0 aliphatic heterocycles. The Morgan fingerprint density at radius 3 is 2.52 bits per heavy atom. The SMILES string of the molecule is CC(C)(C)N(C(=O)COc1nnc(C(F)(F)Cl)s1)c1cccc(F)c1. The molecule has 0 N–H and O–H groups in total. The number of nitrogens with zero attached hydrogens (tertiary/aromatic N) is 3. The fourth-order valence-corrected chi connectivity index (χ4v) is 2.81. The van der Waals surface area contributed by atoms with Crippen LogP contribution in [-0.4, -0.2) is 28.3 Å². The van der Waals surface area contributed by atoms with E-state index in [1.165, 1.54) is 23.1 Å². The van der Waals surface area contributed by atoms with Gasteiger partial charge in [0.2, 0.25) is 5.01 Å². The third-order valence-corrected chi connectivity index (χ3v) is 4.15. The maximum absolute atomic E-state index is 13.5. The van der Waals surface area contributed by atoms with E-state index >= 15 is 0 Å². The largest absolute Gasteiger partial charge is 0.459 e. The van der Waals surface area contributed by atoms with Crippen LogP contribution in [0.15, 0.2) is 24.3 Å². The molecule has 0 aliphatic rings. The van der Waals surface area contributed by atoms with Crippen LogP contribution in [0, 0.1) is 5.82 Å². The quantitative estimate of drug-likeness (QED) is 0.715. The summed E-state index contributed by atoms with van der Waals surface area (Å²) in [6.45, 7) is 4.84. The molecular formula is C15H15ClF3N3O2S. The molecule has 1 amide bonds. The van der Waals surface area contributed by atoms with E-state index in [1.807, 2.05) is 0 Å². The highest BCUT2D eigenvalue weighted by atomic mass is 35.5. The second-order valence-corrected chi connectivity index (χ2v) is 7.45. The van der Waals surface area contributed by atoms with Crippen molar-refractivity contribution in [1.29, 1.82) is 0 Å². The molecule has 0 aliphatic carbocycles. The first-order valence-corrected chi connectivity index (χ1v) is 8.30. The molecule has 0 saturated carbocycles. The van der Waals surface area contributed by atoms with E-state index in [1.54, 1.807) is 26.8 Å². The molecule has 2 aromatic rings. The minimum absolute atomic E-state index is 0.211. The summed E-state index contributed by atoms with van der Waals surface area (Å²) in [7, 11) is 0. The summed E-state index contributed by atoms with van der Waals surface area (Å²) in [5.74, 6) is -0.980. The molecule has 1 aromatic heterocycles. The summed E-state index contributed by atoms with van der Waals surface area (Å²) in [6, 6.07) is 5.56. The van der Waals surface area contributed by atoms with Crippen molar-refractivity contribution >= 4 is 34.5 Å². The second kappa shape index (κ2) is 7.17. The average Bonchev–Trinajstić information content (AvgIpc) is 2.92. The zero-order valence-electron chi connectivity index (χ0n) is 13.6. The fourth-order valence-electron chi connectivity index (χ4n) is 2.09. The third kappa shape index (κ3) is 5.05. The first kappa shape index (κ1) is 19.5. The van der Waals surface area contributed by atoms with Crippen LogP contribution in [0.5, 0.6) is 5.19 Å². The molecule has 25 heavy (non-hydrogen) atoms. The number of halogens is 4. The number of aromatic nitrogens is 2. The monoisotopic (exact) mass is 393 g/mol. The number of carbonyl (C=O) groups excluding carboxylic acids is 1. The lowest BCUT2D eigenvalue weighted by molar-refractivity contribution is -0.121. The number of hydrogen-bond acceptors (Lipinski definition) is 5. The van der Waals surface area contributed by atoms with Gasteiger partial charge in [-0.3, -0.25) is 4.79 Å². The molecule has 0 spiro atoms. The van der Waals surface area contributed by atoms with Crippen LogP contribution in [-0.2, 0) is 10.2 Å². The topological polar surface area (TPSA) is 55.3 Å². The average molecular weight is 394 g/mol. The van der Waals surface area contributed by atoms with E-state index in [2.05, 4.69) is 10.2 Å². The summed E-state index contributed by atoms with van der Waals surface area (Å²) < 4.78 is 44.4. The van der Waals surface area contributed by atoms with Crippen molar-refractivity contribution in [2.45, 2.75) is 31.7 Å². The predicted octanol–water partition coefficient (Wildman–Crippen LogP) is 4.18. The standard InChI is InChI=1S/C15H15ClF3N3O2S/c1-14(2,3)22(10-6-4-5-9(17)7-10)11(23)8-24-13-21-20-12(25-13)15(16,18)19/h4-7H,8H2,1-3H3. The predicted molar refractivity (Wildman–Crippen MR) is 88.8 cm³/mol. The molecular weight excluding hydrogens is 379 g/mol. The highest BCUT2D eigenvalue weighted by Crippen LogP contribution is 2.36. The van der Waals surface area contributed by atoms with E-state index < -0.39 is 34.3 Å². The van der Waals surface area contributed by atoms with Crippen molar-refractivity contribution in [3.8, 4) is 5.19 Å². The summed E-state index contributed by atoms with van der Waals surface area (Å²) in [4.78, 5) is 13.9. The Labute approximate surface area is 151 Å². The summed E-state index contributed by atoms with van der Waals surface area (Å²) in [5.41, 5.74) is -0.310. The van der Waals surface area contributed by atoms with Gasteiger partial charge in [0.1, 0.15) is 5.82 Å². The van der Waals surface area contributed by atoms with E-state index in [0.717, 1.165) is 0 Å².